The quantitative estimate of drug-likeness (QED) is 0.604. The molecule has 5 nitrogen and oxygen atoms in total. The summed E-state index contributed by atoms with van der Waals surface area (Å²) in [6, 6.07) is 23.4. The average molecular weight is 439 g/mol. The summed E-state index contributed by atoms with van der Waals surface area (Å²) in [5.41, 5.74) is 1.82. The molecule has 1 N–H and O–H groups in total. The number of ether oxygens (including phenoxy) is 1. The second-order valence-electron chi connectivity index (χ2n) is 6.07. The van der Waals surface area contributed by atoms with Crippen molar-refractivity contribution in [1.82, 2.24) is 0 Å². The van der Waals surface area contributed by atoms with Crippen molar-refractivity contribution in [1.29, 1.82) is 0 Å². The van der Waals surface area contributed by atoms with Gasteiger partial charge in [0.05, 0.1) is 0 Å². The first kappa shape index (κ1) is 19.6. The lowest BCUT2D eigenvalue weighted by atomic mass is 10.1. The molecule has 2 amide bonds. The first-order valence-electron chi connectivity index (χ1n) is 8.64. The van der Waals surface area contributed by atoms with Crippen LogP contribution in [0.1, 0.15) is 10.4 Å². The second-order valence-corrected chi connectivity index (χ2v) is 6.99. The van der Waals surface area contributed by atoms with E-state index in [1.165, 1.54) is 0 Å². The van der Waals surface area contributed by atoms with Crippen LogP contribution in [-0.4, -0.2) is 25.5 Å². The number of para-hydroxylation sites is 1. The summed E-state index contributed by atoms with van der Waals surface area (Å²) in [5.74, 6) is 0.143. The lowest BCUT2D eigenvalue weighted by Gasteiger charge is -2.17. The molecular weight excluding hydrogens is 420 g/mol. The highest BCUT2D eigenvalue weighted by Crippen LogP contribution is 2.18. The van der Waals surface area contributed by atoms with Crippen LogP contribution in [0.25, 0.3) is 0 Å². The molecule has 0 aliphatic heterocycles. The Bertz CT molecular complexity index is 959. The number of hydrogen-bond acceptors (Lipinski definition) is 3. The normalized spacial score (nSPS) is 10.2. The second kappa shape index (κ2) is 9.19. The van der Waals surface area contributed by atoms with Crippen LogP contribution in [0.15, 0.2) is 83.3 Å². The van der Waals surface area contributed by atoms with E-state index in [-0.39, 0.29) is 18.4 Å². The maximum absolute atomic E-state index is 12.7. The minimum atomic E-state index is -0.302. The molecular formula is C22H19BrN2O3. The van der Waals surface area contributed by atoms with Crippen LogP contribution in [0.2, 0.25) is 0 Å². The number of anilines is 2. The van der Waals surface area contributed by atoms with Crippen LogP contribution in [0.4, 0.5) is 11.4 Å². The Morgan fingerprint density at radius 3 is 2.39 bits per heavy atom. The molecule has 0 unspecified atom stereocenters. The predicted octanol–water partition coefficient (Wildman–Crippen LogP) is 4.74. The molecule has 0 aromatic heterocycles. The lowest BCUT2D eigenvalue weighted by molar-refractivity contribution is -0.118. The molecule has 0 radical (unpaired) electrons. The van der Waals surface area contributed by atoms with Gasteiger partial charge in [0.1, 0.15) is 5.75 Å². The monoisotopic (exact) mass is 438 g/mol. The molecule has 3 aromatic carbocycles. The van der Waals surface area contributed by atoms with E-state index in [0.717, 1.165) is 10.2 Å². The molecule has 0 spiro atoms. The molecule has 6 heteroatoms. The summed E-state index contributed by atoms with van der Waals surface area (Å²) >= 11 is 3.35. The van der Waals surface area contributed by atoms with Crippen molar-refractivity contribution in [2.24, 2.45) is 0 Å². The van der Waals surface area contributed by atoms with Gasteiger partial charge in [0.2, 0.25) is 0 Å². The van der Waals surface area contributed by atoms with Gasteiger partial charge in [-0.3, -0.25) is 9.59 Å². The Hall–Kier alpha value is -3.12. The van der Waals surface area contributed by atoms with Crippen molar-refractivity contribution in [2.75, 3.05) is 23.9 Å². The van der Waals surface area contributed by atoms with Crippen molar-refractivity contribution in [3.8, 4) is 5.75 Å². The maximum Gasteiger partial charge on any atom is 0.262 e. The lowest BCUT2D eigenvalue weighted by Crippen LogP contribution is -2.26. The molecule has 0 heterocycles. The van der Waals surface area contributed by atoms with Gasteiger partial charge in [-0.2, -0.15) is 0 Å². The number of nitrogens with one attached hydrogen (secondary N) is 1. The van der Waals surface area contributed by atoms with Crippen molar-refractivity contribution in [2.45, 2.75) is 0 Å². The summed E-state index contributed by atoms with van der Waals surface area (Å²) in [5, 5.41) is 2.75. The predicted molar refractivity (Wildman–Crippen MR) is 114 cm³/mol. The zero-order chi connectivity index (χ0) is 19.9. The maximum atomic E-state index is 12.7. The summed E-state index contributed by atoms with van der Waals surface area (Å²) in [6.45, 7) is -0.121. The molecule has 0 fully saturated rings. The number of carbonyl (C=O) groups is 2. The molecule has 142 valence electrons. The highest BCUT2D eigenvalue weighted by atomic mass is 79.9. The van der Waals surface area contributed by atoms with Crippen molar-refractivity contribution in [3.05, 3.63) is 88.9 Å². The SMILES string of the molecule is CN(C(=O)c1cccc(NC(=O)COc2ccc(Br)cc2)c1)c1ccccc1. The van der Waals surface area contributed by atoms with Crippen molar-refractivity contribution >= 4 is 39.1 Å². The molecule has 3 rings (SSSR count). The molecule has 0 saturated carbocycles. The van der Waals surface area contributed by atoms with E-state index in [9.17, 15) is 9.59 Å². The Kier molecular flexibility index (Phi) is 6.45. The molecule has 28 heavy (non-hydrogen) atoms. The van der Waals surface area contributed by atoms with E-state index in [2.05, 4.69) is 21.2 Å². The third-order valence-electron chi connectivity index (χ3n) is 4.02. The van der Waals surface area contributed by atoms with Gasteiger partial charge in [-0.15, -0.1) is 0 Å². The molecule has 0 aliphatic rings. The number of benzene rings is 3. The van der Waals surface area contributed by atoms with Gasteiger partial charge in [0.15, 0.2) is 6.61 Å². The smallest absolute Gasteiger partial charge is 0.262 e. The Morgan fingerprint density at radius 2 is 1.68 bits per heavy atom. The largest absolute Gasteiger partial charge is 0.484 e. The summed E-state index contributed by atoms with van der Waals surface area (Å²) < 4.78 is 6.40. The molecule has 0 atom stereocenters. The van der Waals surface area contributed by atoms with Crippen LogP contribution < -0.4 is 15.0 Å². The summed E-state index contributed by atoms with van der Waals surface area (Å²) in [7, 11) is 1.72. The fourth-order valence-corrected chi connectivity index (χ4v) is 2.83. The third kappa shape index (κ3) is 5.20. The minimum absolute atomic E-state index is 0.121. The van der Waals surface area contributed by atoms with E-state index in [1.807, 2.05) is 42.5 Å². The van der Waals surface area contributed by atoms with Crippen LogP contribution in [0.5, 0.6) is 5.75 Å². The van der Waals surface area contributed by atoms with Crippen LogP contribution >= 0.6 is 15.9 Å². The fourth-order valence-electron chi connectivity index (χ4n) is 2.57. The number of nitrogens with zero attached hydrogens (tertiary/aromatic N) is 1. The Labute approximate surface area is 172 Å². The van der Waals surface area contributed by atoms with Gasteiger partial charge in [-0.05, 0) is 54.6 Å². The average Bonchev–Trinajstić information content (AvgIpc) is 2.73. The molecule has 0 saturated heterocycles. The minimum Gasteiger partial charge on any atom is -0.484 e. The van der Waals surface area contributed by atoms with Gasteiger partial charge in [0, 0.05) is 28.5 Å². The topological polar surface area (TPSA) is 58.6 Å². The van der Waals surface area contributed by atoms with Crippen LogP contribution in [0.3, 0.4) is 0 Å². The van der Waals surface area contributed by atoms with Crippen molar-refractivity contribution in [3.63, 3.8) is 0 Å². The van der Waals surface area contributed by atoms with E-state index in [0.29, 0.717) is 17.0 Å². The number of carbonyl (C=O) groups excluding carboxylic acids is 2. The van der Waals surface area contributed by atoms with E-state index < -0.39 is 0 Å². The third-order valence-corrected chi connectivity index (χ3v) is 4.55. The van der Waals surface area contributed by atoms with Gasteiger partial charge < -0.3 is 15.0 Å². The Balaban J connectivity index is 1.61. The number of halogens is 1. The van der Waals surface area contributed by atoms with Crippen LogP contribution in [-0.2, 0) is 4.79 Å². The highest BCUT2D eigenvalue weighted by molar-refractivity contribution is 9.10. The van der Waals surface area contributed by atoms with E-state index in [1.54, 1.807) is 48.3 Å². The van der Waals surface area contributed by atoms with Gasteiger partial charge in [-0.1, -0.05) is 40.2 Å². The number of amides is 2. The summed E-state index contributed by atoms with van der Waals surface area (Å²) in [4.78, 5) is 26.4. The van der Waals surface area contributed by atoms with Gasteiger partial charge in [0.25, 0.3) is 11.8 Å². The summed E-state index contributed by atoms with van der Waals surface area (Å²) in [6.07, 6.45) is 0. The molecule has 0 aliphatic carbocycles. The zero-order valence-electron chi connectivity index (χ0n) is 15.3. The van der Waals surface area contributed by atoms with E-state index in [4.69, 9.17) is 4.74 Å². The van der Waals surface area contributed by atoms with Crippen molar-refractivity contribution < 1.29 is 14.3 Å². The first-order chi connectivity index (χ1) is 13.5. The first-order valence-corrected chi connectivity index (χ1v) is 9.43. The highest BCUT2D eigenvalue weighted by Gasteiger charge is 2.14. The zero-order valence-corrected chi connectivity index (χ0v) is 16.8. The van der Waals surface area contributed by atoms with Gasteiger partial charge in [-0.25, -0.2) is 0 Å². The van der Waals surface area contributed by atoms with Crippen LogP contribution in [0, 0.1) is 0 Å². The Morgan fingerprint density at radius 1 is 0.964 bits per heavy atom. The fraction of sp³-hybridized carbons (Fsp3) is 0.0909. The molecule has 3 aromatic rings. The molecule has 0 bridgehead atoms. The standard InChI is InChI=1S/C22H19BrN2O3/c1-25(19-8-3-2-4-9-19)22(27)16-6-5-7-18(14-16)24-21(26)15-28-20-12-10-17(23)11-13-20/h2-14H,15H2,1H3,(H,24,26). The van der Waals surface area contributed by atoms with E-state index >= 15 is 0 Å². The van der Waals surface area contributed by atoms with Gasteiger partial charge >= 0.3 is 0 Å². The number of hydrogen-bond donors (Lipinski definition) is 1. The number of rotatable bonds is 6.